The van der Waals surface area contributed by atoms with E-state index in [2.05, 4.69) is 55.4 Å². The molecule has 0 atom stereocenters. The first-order valence-electron chi connectivity index (χ1n) is 57.4. The second kappa shape index (κ2) is 76.3. The Kier molecular flexibility index (Phi) is 71.3. The molecule has 0 aromatic carbocycles. The Balaban J connectivity index is 1.78. The highest BCUT2D eigenvalue weighted by Gasteiger charge is 2.83. The molecule has 0 aromatic rings. The molecule has 6 aliphatic heterocycles. The van der Waals surface area contributed by atoms with Crippen LogP contribution in [0.15, 0.2) is 0 Å². The molecule has 124 heavy (non-hydrogen) atoms. The molecular formula is C104H216O12Si8. The standard InChI is InChI=1S/C104H216O12Si8/c1-9-17-25-33-41-49-57-65-73-81-89-97-117-105-118(98-90-82-74-66-58-50-42-34-26-18-10-2)108-121(101-93-85-77-69-61-53-45-37-29-21-13-5)110-119(106-117,99-91-83-75-67-59-51-43-35-27-19-11-3)112-123(103-95-87-79-71-63-55-47-39-31-23-15-7)113-120(107-117,100-92-84-76-68-60-52-44-36-28-20-12-4)111-122(109-118,102-94-86-78-70-62-54-46-38-30-22-14-6)115-124(114-121,116-123)104-96-88-80-72-64-56-48-40-32-24-16-8/h9-104H2,1-8H3. The van der Waals surface area contributed by atoms with Crippen molar-refractivity contribution in [3.63, 3.8) is 0 Å². The van der Waals surface area contributed by atoms with Gasteiger partial charge in [-0.15, -0.1) is 0 Å². The van der Waals surface area contributed by atoms with E-state index in [1.165, 1.54) is 462 Å². The number of hydrogen-bond acceptors (Lipinski definition) is 12. The first kappa shape index (κ1) is 116. The molecule has 12 nitrogen and oxygen atoms in total. The molecule has 0 unspecified atom stereocenters. The average molecular weight is 1880 g/mol. The molecule has 6 aliphatic rings. The van der Waals surface area contributed by atoms with Gasteiger partial charge in [0.25, 0.3) is 0 Å². The summed E-state index contributed by atoms with van der Waals surface area (Å²) in [5.74, 6) is 0. The summed E-state index contributed by atoms with van der Waals surface area (Å²) in [6, 6.07) is 5.20. The number of hydrogen-bond donors (Lipinski definition) is 0. The average Bonchev–Trinajstić information content (AvgIpc) is 0.686. The maximum atomic E-state index is 8.79. The van der Waals surface area contributed by atoms with Gasteiger partial charge in [0.05, 0.1) is 0 Å². The predicted octanol–water partition coefficient (Wildman–Crippen LogP) is 38.3. The van der Waals surface area contributed by atoms with Crippen LogP contribution in [0.2, 0.25) is 48.4 Å². The van der Waals surface area contributed by atoms with Crippen LogP contribution in [0, 0.1) is 0 Å². The highest BCUT2D eigenvalue weighted by molar-refractivity contribution is 7.03. The van der Waals surface area contributed by atoms with Crippen molar-refractivity contribution < 1.29 is 49.4 Å². The first-order chi connectivity index (χ1) is 61.0. The summed E-state index contributed by atoms with van der Waals surface area (Å²) < 4.78 is 105. The van der Waals surface area contributed by atoms with Crippen molar-refractivity contribution in [3.05, 3.63) is 0 Å². The van der Waals surface area contributed by atoms with Gasteiger partial charge in [0.15, 0.2) is 0 Å². The van der Waals surface area contributed by atoms with Crippen LogP contribution < -0.4 is 0 Å². The Hall–Kier alpha value is 1.26. The molecule has 0 amide bonds. The van der Waals surface area contributed by atoms with Crippen LogP contribution in [0.3, 0.4) is 0 Å². The van der Waals surface area contributed by atoms with Gasteiger partial charge in [-0.05, 0) is 51.4 Å². The summed E-state index contributed by atoms with van der Waals surface area (Å²) in [5.41, 5.74) is 0. The van der Waals surface area contributed by atoms with Crippen molar-refractivity contribution in [2.75, 3.05) is 0 Å². The summed E-state index contributed by atoms with van der Waals surface area (Å²) in [4.78, 5) is 0. The van der Waals surface area contributed by atoms with Gasteiger partial charge >= 0.3 is 70.4 Å². The maximum absolute atomic E-state index is 8.79. The van der Waals surface area contributed by atoms with E-state index < -0.39 is 70.4 Å². The lowest BCUT2D eigenvalue weighted by molar-refractivity contribution is -0.0314. The van der Waals surface area contributed by atoms with Crippen molar-refractivity contribution in [2.45, 2.75) is 669 Å². The Morgan fingerprint density at radius 2 is 0.137 bits per heavy atom. The predicted molar refractivity (Wildman–Crippen MR) is 549 cm³/mol. The highest BCUT2D eigenvalue weighted by Crippen LogP contribution is 2.56. The molecule has 8 bridgehead atoms. The van der Waals surface area contributed by atoms with E-state index in [1.54, 1.807) is 0 Å². The summed E-state index contributed by atoms with van der Waals surface area (Å²) in [6.45, 7) is 18.7. The van der Waals surface area contributed by atoms with Crippen molar-refractivity contribution in [2.24, 2.45) is 0 Å². The molecule has 0 spiro atoms. The minimum atomic E-state index is -4.09. The molecule has 0 N–H and O–H groups in total. The molecule has 0 radical (unpaired) electrons. The fourth-order valence-corrected chi connectivity index (χ4v) is 71.6. The van der Waals surface area contributed by atoms with Crippen molar-refractivity contribution in [1.82, 2.24) is 0 Å². The van der Waals surface area contributed by atoms with E-state index in [0.29, 0.717) is 48.4 Å². The van der Waals surface area contributed by atoms with Crippen LogP contribution in [0.5, 0.6) is 0 Å². The van der Waals surface area contributed by atoms with E-state index in [-0.39, 0.29) is 0 Å². The van der Waals surface area contributed by atoms with E-state index in [0.717, 1.165) is 103 Å². The first-order valence-corrected chi connectivity index (χ1v) is 72.8. The second-order valence-electron chi connectivity index (χ2n) is 41.0. The molecule has 6 rings (SSSR count). The van der Waals surface area contributed by atoms with Gasteiger partial charge in [-0.2, -0.15) is 0 Å². The third-order valence-electron chi connectivity index (χ3n) is 28.4. The molecule has 0 aliphatic carbocycles. The lowest BCUT2D eigenvalue weighted by atomic mass is 10.1. The van der Waals surface area contributed by atoms with Gasteiger partial charge in [-0.1, -0.05) is 569 Å². The van der Waals surface area contributed by atoms with Crippen LogP contribution in [0.25, 0.3) is 0 Å². The SMILES string of the molecule is CCCCCCCCCCCCC[Si]12O[Si]3(CCCCCCCCCCCCC)O[Si]4(CCCCCCCCCCCCC)O[Si](CCCCCCCCCCCCC)(O1)O[Si]1(CCCCCCCCCCCCC)O[Si](CCCCCCCCCCCCC)(O2)O[Si](CCCCCCCCCCCCC)(O3)O[Si](CCCCCCCCCCCCC)(O4)O1. The number of rotatable bonds is 96. The fourth-order valence-electron chi connectivity index (χ4n) is 20.6. The lowest BCUT2D eigenvalue weighted by Gasteiger charge is -2.63. The van der Waals surface area contributed by atoms with Gasteiger partial charge in [0.2, 0.25) is 0 Å². The topological polar surface area (TPSA) is 111 Å². The van der Waals surface area contributed by atoms with E-state index in [9.17, 15) is 0 Å². The Labute approximate surface area is 783 Å². The van der Waals surface area contributed by atoms with Crippen LogP contribution in [0.1, 0.15) is 620 Å². The molecule has 736 valence electrons. The summed E-state index contributed by atoms with van der Waals surface area (Å²) >= 11 is 0. The van der Waals surface area contributed by atoms with Gasteiger partial charge in [-0.25, -0.2) is 0 Å². The van der Waals surface area contributed by atoms with E-state index in [1.807, 2.05) is 0 Å². The quantitative estimate of drug-likeness (QED) is 0.0427. The summed E-state index contributed by atoms with van der Waals surface area (Å²) in [7, 11) is -32.7. The van der Waals surface area contributed by atoms with Gasteiger partial charge < -0.3 is 49.4 Å². The molecule has 6 fully saturated rings. The third-order valence-corrected chi connectivity index (χ3v) is 66.0. The molecule has 6 heterocycles. The minimum absolute atomic E-state index is 0.650. The molecule has 0 saturated carbocycles. The molecule has 6 saturated heterocycles. The normalized spacial score (nSPS) is 24.2. The summed E-state index contributed by atoms with van der Waals surface area (Å²) in [6.07, 6.45) is 111. The van der Waals surface area contributed by atoms with Crippen LogP contribution in [0.4, 0.5) is 0 Å². The van der Waals surface area contributed by atoms with Crippen molar-refractivity contribution in [3.8, 4) is 0 Å². The molecular weight excluding hydrogens is 1670 g/mol. The Morgan fingerprint density at radius 3 is 0.202 bits per heavy atom. The van der Waals surface area contributed by atoms with Crippen molar-refractivity contribution >= 4 is 70.4 Å². The monoisotopic (exact) mass is 1880 g/mol. The Morgan fingerprint density at radius 1 is 0.0806 bits per heavy atom. The smallest absolute Gasteiger partial charge is 0.373 e. The largest absolute Gasteiger partial charge is 0.478 e. The fraction of sp³-hybridized carbons (Fsp3) is 1.00. The zero-order chi connectivity index (χ0) is 88.4. The van der Waals surface area contributed by atoms with Crippen LogP contribution in [-0.2, 0) is 49.4 Å². The lowest BCUT2D eigenvalue weighted by Crippen LogP contribution is -2.88. The van der Waals surface area contributed by atoms with Crippen LogP contribution in [-0.4, -0.2) is 70.4 Å². The number of unbranched alkanes of at least 4 members (excludes halogenated alkanes) is 80. The highest BCUT2D eigenvalue weighted by atomic mass is 28.6. The zero-order valence-corrected chi connectivity index (χ0v) is 92.8. The van der Waals surface area contributed by atoms with E-state index >= 15 is 0 Å². The second-order valence-corrected chi connectivity index (χ2v) is 65.7. The molecule has 0 aromatic heterocycles. The third kappa shape index (κ3) is 53.7. The molecule has 20 heteroatoms. The van der Waals surface area contributed by atoms with Gasteiger partial charge in [-0.3, -0.25) is 0 Å². The Bertz CT molecular complexity index is 1820. The van der Waals surface area contributed by atoms with Crippen LogP contribution >= 0.6 is 0 Å². The summed E-state index contributed by atoms with van der Waals surface area (Å²) in [5, 5.41) is 0. The van der Waals surface area contributed by atoms with Gasteiger partial charge in [0, 0.05) is 48.4 Å². The zero-order valence-electron chi connectivity index (χ0n) is 84.8. The maximum Gasteiger partial charge on any atom is 0.478 e. The van der Waals surface area contributed by atoms with Gasteiger partial charge in [0.1, 0.15) is 0 Å². The minimum Gasteiger partial charge on any atom is -0.373 e. The van der Waals surface area contributed by atoms with E-state index in [4.69, 9.17) is 49.4 Å². The van der Waals surface area contributed by atoms with Crippen molar-refractivity contribution in [1.29, 1.82) is 0 Å².